The summed E-state index contributed by atoms with van der Waals surface area (Å²) in [7, 11) is 4.78. The van der Waals surface area contributed by atoms with Crippen LogP contribution in [0.1, 0.15) is 31.8 Å². The van der Waals surface area contributed by atoms with Crippen molar-refractivity contribution < 1.29 is 23.1 Å². The van der Waals surface area contributed by atoms with Crippen LogP contribution in [0.5, 0.6) is 5.75 Å². The number of carbonyl (C=O) groups excluding carboxylic acids is 2. The largest absolute Gasteiger partial charge is 0.768 e. The first-order valence-corrected chi connectivity index (χ1v) is 14.9. The summed E-state index contributed by atoms with van der Waals surface area (Å²) in [5.41, 5.74) is 6.35. The molecule has 0 saturated carbocycles. The highest BCUT2D eigenvalue weighted by molar-refractivity contribution is 7.79. The number of benzene rings is 4. The molecule has 1 unspecified atom stereocenters. The molecule has 0 bridgehead atoms. The summed E-state index contributed by atoms with van der Waals surface area (Å²) in [5.74, 6) is 0.300. The fraction of sp³-hybridized carbons (Fsp3) is 0.235. The lowest BCUT2D eigenvalue weighted by Gasteiger charge is -2.20. The zero-order valence-electron chi connectivity index (χ0n) is 25.1. The molecule has 4 aromatic rings. The predicted octanol–water partition coefficient (Wildman–Crippen LogP) is 5.53. The molecule has 1 aliphatic rings. The van der Waals surface area contributed by atoms with Crippen molar-refractivity contribution in [2.75, 3.05) is 45.9 Å². The third-order valence-electron chi connectivity index (χ3n) is 7.09. The number of carbonyl (C=O) groups is 2. The van der Waals surface area contributed by atoms with Crippen molar-refractivity contribution in [2.45, 2.75) is 18.7 Å². The molecule has 1 saturated heterocycles. The molecule has 0 N–H and O–H groups in total. The Morgan fingerprint density at radius 3 is 2.12 bits per heavy atom. The van der Waals surface area contributed by atoms with Gasteiger partial charge < -0.3 is 24.0 Å². The van der Waals surface area contributed by atoms with E-state index in [-0.39, 0.29) is 22.5 Å². The molecule has 1 atom stereocenters. The van der Waals surface area contributed by atoms with E-state index in [1.807, 2.05) is 42.2 Å². The molecule has 224 valence electrons. The minimum absolute atomic E-state index is 0.0874. The van der Waals surface area contributed by atoms with Crippen LogP contribution in [0, 0.1) is 13.8 Å². The van der Waals surface area contributed by atoms with Gasteiger partial charge in [0.05, 0.1) is 18.7 Å². The van der Waals surface area contributed by atoms with E-state index < -0.39 is 11.1 Å². The zero-order valence-corrected chi connectivity index (χ0v) is 25.9. The van der Waals surface area contributed by atoms with Crippen LogP contribution in [0.2, 0.25) is 0 Å². The predicted molar refractivity (Wildman–Crippen MR) is 169 cm³/mol. The van der Waals surface area contributed by atoms with E-state index in [4.69, 9.17) is 4.74 Å². The lowest BCUT2D eigenvalue weighted by molar-refractivity contribution is 0.0792. The average Bonchev–Trinajstić information content (AvgIpc) is 3.51. The van der Waals surface area contributed by atoms with E-state index in [1.165, 1.54) is 29.3 Å². The molecule has 2 amide bonds. The van der Waals surface area contributed by atoms with Crippen molar-refractivity contribution in [3.8, 4) is 16.9 Å². The molecule has 8 nitrogen and oxygen atoms in total. The quantitative estimate of drug-likeness (QED) is 0.271. The number of aryl methyl sites for hydroxylation is 2. The molecular weight excluding hydrogens is 562 g/mol. The second-order valence-electron chi connectivity index (χ2n) is 10.6. The van der Waals surface area contributed by atoms with Crippen molar-refractivity contribution in [3.63, 3.8) is 0 Å². The van der Waals surface area contributed by atoms with Crippen LogP contribution in [0.3, 0.4) is 0 Å². The summed E-state index contributed by atoms with van der Waals surface area (Å²) in [6, 6.07) is 28.2. The number of anilines is 1. The van der Waals surface area contributed by atoms with Gasteiger partial charge in [-0.1, -0.05) is 48.0 Å². The maximum absolute atomic E-state index is 12.5. The molecule has 0 aliphatic carbocycles. The summed E-state index contributed by atoms with van der Waals surface area (Å²) in [5, 5.41) is 0. The second kappa shape index (κ2) is 14.1. The zero-order chi connectivity index (χ0) is 31.1. The Kier molecular flexibility index (Phi) is 10.3. The van der Waals surface area contributed by atoms with Gasteiger partial charge in [-0.05, 0) is 90.1 Å². The van der Waals surface area contributed by atoms with E-state index in [0.29, 0.717) is 17.8 Å². The van der Waals surface area contributed by atoms with E-state index >= 15 is 0 Å². The maximum Gasteiger partial charge on any atom is 0.255 e. The van der Waals surface area contributed by atoms with Gasteiger partial charge in [-0.2, -0.15) is 0 Å². The SMILES string of the molecule is COc1ccc(-c2cccc(C(=O)N(C)C)c2)cc1S(=O)[O-].Cc1cccc(C(=O)N2CCN(c3cccc(C)c3)C2)c1. The lowest BCUT2D eigenvalue weighted by atomic mass is 10.0. The normalized spacial score (nSPS) is 13.2. The highest BCUT2D eigenvalue weighted by atomic mass is 32.2. The third kappa shape index (κ3) is 7.88. The minimum Gasteiger partial charge on any atom is -0.768 e. The maximum atomic E-state index is 12.5. The first-order chi connectivity index (χ1) is 20.6. The Balaban J connectivity index is 0.000000197. The van der Waals surface area contributed by atoms with Crippen LogP contribution in [-0.2, 0) is 11.1 Å². The van der Waals surface area contributed by atoms with Gasteiger partial charge >= 0.3 is 0 Å². The third-order valence-corrected chi connectivity index (χ3v) is 7.77. The highest BCUT2D eigenvalue weighted by Gasteiger charge is 2.25. The monoisotopic (exact) mass is 598 g/mol. The van der Waals surface area contributed by atoms with Crippen LogP contribution in [0.4, 0.5) is 5.69 Å². The second-order valence-corrected chi connectivity index (χ2v) is 11.5. The van der Waals surface area contributed by atoms with E-state index in [0.717, 1.165) is 29.8 Å². The van der Waals surface area contributed by atoms with Gasteiger partial charge in [0.15, 0.2) is 0 Å². The first-order valence-electron chi connectivity index (χ1n) is 13.8. The Morgan fingerprint density at radius 1 is 0.814 bits per heavy atom. The number of rotatable bonds is 6. The van der Waals surface area contributed by atoms with Gasteiger partial charge in [0.25, 0.3) is 11.8 Å². The molecular formula is C34H36N3O5S-. The van der Waals surface area contributed by atoms with Crippen LogP contribution >= 0.6 is 0 Å². The molecule has 5 rings (SSSR count). The topological polar surface area (TPSA) is 93.2 Å². The van der Waals surface area contributed by atoms with Gasteiger partial charge in [0.2, 0.25) is 0 Å². The van der Waals surface area contributed by atoms with Crippen LogP contribution in [-0.4, -0.2) is 71.3 Å². The number of hydrogen-bond donors (Lipinski definition) is 0. The number of methoxy groups -OCH3 is 1. The fourth-order valence-electron chi connectivity index (χ4n) is 4.83. The van der Waals surface area contributed by atoms with Gasteiger partial charge in [0.1, 0.15) is 5.75 Å². The van der Waals surface area contributed by atoms with E-state index in [1.54, 1.807) is 44.4 Å². The van der Waals surface area contributed by atoms with Crippen molar-refractivity contribution in [3.05, 3.63) is 113 Å². The van der Waals surface area contributed by atoms with Gasteiger partial charge in [-0.3, -0.25) is 13.8 Å². The van der Waals surface area contributed by atoms with Crippen molar-refractivity contribution in [1.82, 2.24) is 9.80 Å². The smallest absolute Gasteiger partial charge is 0.255 e. The summed E-state index contributed by atoms with van der Waals surface area (Å²) in [4.78, 5) is 30.3. The number of hydrogen-bond acceptors (Lipinski definition) is 6. The number of amides is 2. The van der Waals surface area contributed by atoms with Crippen molar-refractivity contribution in [1.29, 1.82) is 0 Å². The Labute approximate surface area is 255 Å². The number of ether oxygens (including phenoxy) is 1. The Bertz CT molecular complexity index is 1640. The molecule has 0 aromatic heterocycles. The molecule has 9 heteroatoms. The minimum atomic E-state index is -2.40. The number of nitrogens with zero attached hydrogens (tertiary/aromatic N) is 3. The van der Waals surface area contributed by atoms with Gasteiger partial charge in [0, 0.05) is 44.0 Å². The van der Waals surface area contributed by atoms with Crippen LogP contribution < -0.4 is 9.64 Å². The van der Waals surface area contributed by atoms with Gasteiger partial charge in [-0.25, -0.2) is 0 Å². The van der Waals surface area contributed by atoms with Crippen molar-refractivity contribution in [2.24, 2.45) is 0 Å². The molecule has 0 radical (unpaired) electrons. The fourth-order valence-corrected chi connectivity index (χ4v) is 5.37. The van der Waals surface area contributed by atoms with Crippen LogP contribution in [0.25, 0.3) is 11.1 Å². The summed E-state index contributed by atoms with van der Waals surface area (Å²) >= 11 is -2.40. The van der Waals surface area contributed by atoms with E-state index in [2.05, 4.69) is 36.1 Å². The highest BCUT2D eigenvalue weighted by Crippen LogP contribution is 2.29. The first kappa shape index (κ1) is 31.5. The van der Waals surface area contributed by atoms with Crippen molar-refractivity contribution >= 4 is 28.6 Å². The van der Waals surface area contributed by atoms with Crippen LogP contribution in [0.15, 0.2) is 95.9 Å². The molecule has 0 spiro atoms. The standard InChI is InChI=1S/C18H20N2O.C16H17NO4S/c1-14-5-3-7-16(11-14)18(21)20-10-9-19(13-20)17-8-4-6-15(2)12-17;1-17(2)16(18)13-6-4-5-11(9-13)12-7-8-14(21-3)15(10-12)22(19)20/h3-8,11-12H,9-10,13H2,1-2H3;4-10H,1-3H3,(H,19,20)/p-1. The Hall–Kier alpha value is -4.47. The molecule has 43 heavy (non-hydrogen) atoms. The average molecular weight is 599 g/mol. The Morgan fingerprint density at radius 2 is 1.47 bits per heavy atom. The molecule has 1 heterocycles. The van der Waals surface area contributed by atoms with Gasteiger partial charge in [-0.15, -0.1) is 0 Å². The molecule has 4 aromatic carbocycles. The summed E-state index contributed by atoms with van der Waals surface area (Å²) in [6.07, 6.45) is 0. The molecule has 1 fully saturated rings. The van der Waals surface area contributed by atoms with E-state index in [9.17, 15) is 18.4 Å². The molecule has 1 aliphatic heterocycles. The lowest BCUT2D eigenvalue weighted by Crippen LogP contribution is -2.31. The summed E-state index contributed by atoms with van der Waals surface area (Å²) in [6.45, 7) is 6.44. The summed E-state index contributed by atoms with van der Waals surface area (Å²) < 4.78 is 27.6.